The van der Waals surface area contributed by atoms with E-state index in [1.54, 1.807) is 0 Å². The number of nitrogens with one attached hydrogen (secondary N) is 1. The van der Waals surface area contributed by atoms with Gasteiger partial charge in [-0.05, 0) is 32.4 Å². The van der Waals surface area contributed by atoms with Crippen molar-refractivity contribution in [2.75, 3.05) is 6.61 Å². The predicted octanol–water partition coefficient (Wildman–Crippen LogP) is 3.81. The molecule has 1 aromatic carbocycles. The molecule has 1 unspecified atom stereocenters. The van der Waals surface area contributed by atoms with E-state index in [9.17, 15) is 4.79 Å². The van der Waals surface area contributed by atoms with E-state index in [1.807, 2.05) is 45.0 Å². The Kier molecular flexibility index (Phi) is 4.66. The van der Waals surface area contributed by atoms with Gasteiger partial charge in [0, 0.05) is 11.8 Å². The molecule has 0 saturated carbocycles. The molecule has 0 spiro atoms. The smallest absolute Gasteiger partial charge is 0.220 e. The first kappa shape index (κ1) is 14.4. The largest absolute Gasteiger partial charge is 0.490 e. The highest BCUT2D eigenvalue weighted by Crippen LogP contribution is 2.31. The van der Waals surface area contributed by atoms with Crippen LogP contribution in [0.25, 0.3) is 11.0 Å². The van der Waals surface area contributed by atoms with E-state index in [0.717, 1.165) is 28.9 Å². The molecule has 1 amide bonds. The molecule has 0 bridgehead atoms. The molecule has 0 fully saturated rings. The molecule has 2 rings (SSSR count). The van der Waals surface area contributed by atoms with Crippen molar-refractivity contribution in [2.24, 2.45) is 0 Å². The molecule has 20 heavy (non-hydrogen) atoms. The average Bonchev–Trinajstić information content (AvgIpc) is 2.84. The maximum Gasteiger partial charge on any atom is 0.220 e. The fourth-order valence-electron chi connectivity index (χ4n) is 2.15. The summed E-state index contributed by atoms with van der Waals surface area (Å²) in [7, 11) is 0. The molecule has 0 aliphatic carbocycles. The second-order valence-electron chi connectivity index (χ2n) is 4.80. The summed E-state index contributed by atoms with van der Waals surface area (Å²) in [6, 6.07) is 7.61. The first-order valence-corrected chi connectivity index (χ1v) is 7.10. The van der Waals surface area contributed by atoms with Gasteiger partial charge in [0.1, 0.15) is 5.76 Å². The van der Waals surface area contributed by atoms with Gasteiger partial charge in [-0.15, -0.1) is 0 Å². The molecular weight excluding hydrogens is 254 g/mol. The summed E-state index contributed by atoms with van der Waals surface area (Å²) in [6.45, 7) is 6.44. The van der Waals surface area contributed by atoms with E-state index in [-0.39, 0.29) is 11.9 Å². The van der Waals surface area contributed by atoms with Crippen LogP contribution in [0, 0.1) is 0 Å². The number of rotatable bonds is 6. The minimum absolute atomic E-state index is 0.0467. The van der Waals surface area contributed by atoms with Gasteiger partial charge in [-0.2, -0.15) is 0 Å². The van der Waals surface area contributed by atoms with Crippen molar-refractivity contribution in [3.63, 3.8) is 0 Å². The Bertz CT molecular complexity index is 588. The van der Waals surface area contributed by atoms with Gasteiger partial charge in [-0.25, -0.2) is 0 Å². The van der Waals surface area contributed by atoms with Crippen LogP contribution < -0.4 is 10.1 Å². The molecule has 108 valence electrons. The standard InChI is InChI=1S/C16H21NO3/c1-4-7-15(18)17-11(3)14-10-12-8-6-9-13(19-5-2)16(12)20-14/h6,8-11H,4-5,7H2,1-3H3,(H,17,18). The van der Waals surface area contributed by atoms with Crippen LogP contribution in [-0.2, 0) is 4.79 Å². The van der Waals surface area contributed by atoms with Crippen LogP contribution in [0.2, 0.25) is 0 Å². The predicted molar refractivity (Wildman–Crippen MR) is 78.8 cm³/mol. The number of carbonyl (C=O) groups is 1. The lowest BCUT2D eigenvalue weighted by Crippen LogP contribution is -2.25. The van der Waals surface area contributed by atoms with Crippen LogP contribution in [0.3, 0.4) is 0 Å². The topological polar surface area (TPSA) is 51.5 Å². The number of ether oxygens (including phenoxy) is 1. The summed E-state index contributed by atoms with van der Waals surface area (Å²) in [5.74, 6) is 1.53. The third-order valence-corrected chi connectivity index (χ3v) is 3.11. The lowest BCUT2D eigenvalue weighted by molar-refractivity contribution is -0.121. The normalized spacial score (nSPS) is 12.3. The van der Waals surface area contributed by atoms with Crippen molar-refractivity contribution in [3.8, 4) is 5.75 Å². The molecule has 2 aromatic rings. The zero-order valence-electron chi connectivity index (χ0n) is 12.2. The van der Waals surface area contributed by atoms with Crippen molar-refractivity contribution in [3.05, 3.63) is 30.0 Å². The maximum atomic E-state index is 11.6. The van der Waals surface area contributed by atoms with Crippen molar-refractivity contribution in [1.82, 2.24) is 5.32 Å². The van der Waals surface area contributed by atoms with Crippen LogP contribution in [0.4, 0.5) is 0 Å². The summed E-state index contributed by atoms with van der Waals surface area (Å²) in [5.41, 5.74) is 0.737. The fraction of sp³-hybridized carbons (Fsp3) is 0.438. The van der Waals surface area contributed by atoms with E-state index < -0.39 is 0 Å². The number of fused-ring (bicyclic) bond motifs is 1. The number of furan rings is 1. The molecule has 1 heterocycles. The second-order valence-corrected chi connectivity index (χ2v) is 4.80. The molecule has 1 atom stereocenters. The Balaban J connectivity index is 2.22. The number of hydrogen-bond acceptors (Lipinski definition) is 3. The third-order valence-electron chi connectivity index (χ3n) is 3.11. The molecule has 0 aliphatic rings. The Labute approximate surface area is 119 Å². The summed E-state index contributed by atoms with van der Waals surface area (Å²) in [6.07, 6.45) is 1.38. The molecule has 1 aromatic heterocycles. The Hall–Kier alpha value is -1.97. The number of amides is 1. The maximum absolute atomic E-state index is 11.6. The highest BCUT2D eigenvalue weighted by Gasteiger charge is 2.15. The van der Waals surface area contributed by atoms with Gasteiger partial charge in [0.15, 0.2) is 11.3 Å². The molecule has 4 nitrogen and oxygen atoms in total. The lowest BCUT2D eigenvalue weighted by Gasteiger charge is -2.10. The number of carbonyl (C=O) groups excluding carboxylic acids is 1. The Morgan fingerprint density at radius 2 is 2.20 bits per heavy atom. The van der Waals surface area contributed by atoms with Crippen molar-refractivity contribution in [1.29, 1.82) is 0 Å². The lowest BCUT2D eigenvalue weighted by atomic mass is 10.2. The van der Waals surface area contributed by atoms with Crippen molar-refractivity contribution >= 4 is 16.9 Å². The summed E-state index contributed by atoms with van der Waals surface area (Å²) in [4.78, 5) is 11.6. The zero-order valence-corrected chi connectivity index (χ0v) is 12.2. The highest BCUT2D eigenvalue weighted by atomic mass is 16.5. The SMILES string of the molecule is CCCC(=O)NC(C)c1cc2cccc(OCC)c2o1. The van der Waals surface area contributed by atoms with E-state index in [2.05, 4.69) is 5.32 Å². The van der Waals surface area contributed by atoms with Gasteiger partial charge >= 0.3 is 0 Å². The summed E-state index contributed by atoms with van der Waals surface area (Å²) in [5, 5.41) is 3.92. The minimum Gasteiger partial charge on any atom is -0.490 e. The Morgan fingerprint density at radius 1 is 1.40 bits per heavy atom. The van der Waals surface area contributed by atoms with E-state index in [4.69, 9.17) is 9.15 Å². The molecule has 1 N–H and O–H groups in total. The second kappa shape index (κ2) is 6.46. The molecule has 0 saturated heterocycles. The monoisotopic (exact) mass is 275 g/mol. The first-order chi connectivity index (χ1) is 9.65. The summed E-state index contributed by atoms with van der Waals surface area (Å²) >= 11 is 0. The van der Waals surface area contributed by atoms with Gasteiger partial charge in [0.05, 0.1) is 12.6 Å². The van der Waals surface area contributed by atoms with Crippen LogP contribution in [-0.4, -0.2) is 12.5 Å². The Morgan fingerprint density at radius 3 is 2.90 bits per heavy atom. The quantitative estimate of drug-likeness (QED) is 0.872. The van der Waals surface area contributed by atoms with Crippen molar-refractivity contribution < 1.29 is 13.9 Å². The summed E-state index contributed by atoms with van der Waals surface area (Å²) < 4.78 is 11.4. The molecule has 0 radical (unpaired) electrons. The van der Waals surface area contributed by atoms with Crippen LogP contribution in [0.5, 0.6) is 5.75 Å². The number of benzene rings is 1. The van der Waals surface area contributed by atoms with Crippen LogP contribution in [0.1, 0.15) is 45.4 Å². The van der Waals surface area contributed by atoms with Crippen molar-refractivity contribution in [2.45, 2.75) is 39.7 Å². The third kappa shape index (κ3) is 3.13. The van der Waals surface area contributed by atoms with E-state index in [1.165, 1.54) is 0 Å². The fourth-order valence-corrected chi connectivity index (χ4v) is 2.15. The van der Waals surface area contributed by atoms with E-state index >= 15 is 0 Å². The average molecular weight is 275 g/mol. The number of hydrogen-bond donors (Lipinski definition) is 1. The van der Waals surface area contributed by atoms with E-state index in [0.29, 0.717) is 13.0 Å². The van der Waals surface area contributed by atoms with Crippen LogP contribution >= 0.6 is 0 Å². The van der Waals surface area contributed by atoms with Crippen LogP contribution in [0.15, 0.2) is 28.7 Å². The van der Waals surface area contributed by atoms with Gasteiger partial charge in [0.2, 0.25) is 5.91 Å². The van der Waals surface area contributed by atoms with Gasteiger partial charge in [-0.3, -0.25) is 4.79 Å². The van der Waals surface area contributed by atoms with Gasteiger partial charge < -0.3 is 14.5 Å². The number of para-hydroxylation sites is 1. The zero-order chi connectivity index (χ0) is 14.5. The first-order valence-electron chi connectivity index (χ1n) is 7.10. The van der Waals surface area contributed by atoms with Gasteiger partial charge in [-0.1, -0.05) is 19.1 Å². The molecule has 0 aliphatic heterocycles. The minimum atomic E-state index is -0.143. The highest BCUT2D eigenvalue weighted by molar-refractivity contribution is 5.84. The molecule has 4 heteroatoms. The van der Waals surface area contributed by atoms with Gasteiger partial charge in [0.25, 0.3) is 0 Å². The molecular formula is C16H21NO3.